The van der Waals surface area contributed by atoms with E-state index in [0.29, 0.717) is 34.8 Å². The van der Waals surface area contributed by atoms with Gasteiger partial charge in [0.15, 0.2) is 5.82 Å². The standard InChI is InChI=1S/C26H23N7O/c1-3-9-17-12-7-13-19-22(17)31-23(18-10-5-4-6-11-18)21(30-19)16(2)29-26(34)20-24(27)32-33-15-8-14-28-25(20)33/h4-8,10-13,15-16,28H,14H2,1-2H3,(H2,27,32)(H,29,34). The Hall–Kier alpha value is -4.64. The first-order chi connectivity index (χ1) is 16.6. The summed E-state index contributed by atoms with van der Waals surface area (Å²) < 4.78 is 1.57. The molecule has 0 fully saturated rings. The van der Waals surface area contributed by atoms with Gasteiger partial charge in [0.2, 0.25) is 0 Å². The smallest absolute Gasteiger partial charge is 0.259 e. The minimum absolute atomic E-state index is 0.161. The molecule has 0 radical (unpaired) electrons. The van der Waals surface area contributed by atoms with Gasteiger partial charge >= 0.3 is 0 Å². The zero-order chi connectivity index (χ0) is 23.7. The van der Waals surface area contributed by atoms with Crippen LogP contribution in [0.15, 0.2) is 54.6 Å². The number of carbonyl (C=O) groups is 1. The van der Waals surface area contributed by atoms with Gasteiger partial charge in [0.05, 0.1) is 28.5 Å². The summed E-state index contributed by atoms with van der Waals surface area (Å²) >= 11 is 0. The number of anilines is 2. The first-order valence-electron chi connectivity index (χ1n) is 10.9. The van der Waals surface area contributed by atoms with Gasteiger partial charge in [-0.2, -0.15) is 0 Å². The number of hydrogen-bond acceptors (Lipinski definition) is 6. The molecule has 4 aromatic rings. The molecule has 168 valence electrons. The van der Waals surface area contributed by atoms with Crippen molar-refractivity contribution in [1.82, 2.24) is 25.1 Å². The van der Waals surface area contributed by atoms with E-state index in [1.807, 2.05) is 61.5 Å². The predicted octanol–water partition coefficient (Wildman–Crippen LogP) is 3.83. The molecule has 0 saturated carbocycles. The lowest BCUT2D eigenvalue weighted by molar-refractivity contribution is 0.0941. The Morgan fingerprint density at radius 2 is 2.00 bits per heavy atom. The number of nitrogens with zero attached hydrogens (tertiary/aromatic N) is 4. The van der Waals surface area contributed by atoms with E-state index < -0.39 is 6.04 Å². The van der Waals surface area contributed by atoms with Crippen molar-refractivity contribution in [2.75, 3.05) is 17.6 Å². The van der Waals surface area contributed by atoms with E-state index in [-0.39, 0.29) is 11.7 Å². The molecule has 8 heteroatoms. The van der Waals surface area contributed by atoms with Crippen LogP contribution in [-0.2, 0) is 0 Å². The van der Waals surface area contributed by atoms with Crippen LogP contribution < -0.4 is 16.4 Å². The lowest BCUT2D eigenvalue weighted by atomic mass is 10.0. The molecule has 1 unspecified atom stereocenters. The normalized spacial score (nSPS) is 12.9. The number of carbonyl (C=O) groups excluding carboxylic acids is 1. The molecule has 2 aromatic carbocycles. The minimum Gasteiger partial charge on any atom is -0.381 e. The Morgan fingerprint density at radius 1 is 1.18 bits per heavy atom. The van der Waals surface area contributed by atoms with E-state index in [4.69, 9.17) is 15.7 Å². The maximum Gasteiger partial charge on any atom is 0.259 e. The van der Waals surface area contributed by atoms with Crippen molar-refractivity contribution in [3.63, 3.8) is 0 Å². The molecule has 3 heterocycles. The van der Waals surface area contributed by atoms with Gasteiger partial charge in [-0.1, -0.05) is 42.3 Å². The van der Waals surface area contributed by atoms with Gasteiger partial charge in [-0.3, -0.25) is 4.79 Å². The van der Waals surface area contributed by atoms with Crippen molar-refractivity contribution in [3.8, 4) is 23.1 Å². The molecule has 8 nitrogen and oxygen atoms in total. The minimum atomic E-state index is -0.449. The molecule has 34 heavy (non-hydrogen) atoms. The molecule has 0 saturated heterocycles. The highest BCUT2D eigenvalue weighted by molar-refractivity contribution is 6.04. The fraction of sp³-hybridized carbons (Fsp3) is 0.154. The monoisotopic (exact) mass is 449 g/mol. The van der Waals surface area contributed by atoms with Gasteiger partial charge in [-0.15, -0.1) is 11.0 Å². The SMILES string of the molecule is CC#Cc1cccc2nc(C(C)NC(=O)c3c(N)nn4c3NCC=C4)c(-c3ccccc3)nc12. The van der Waals surface area contributed by atoms with E-state index in [1.165, 1.54) is 0 Å². The third-order valence-electron chi connectivity index (χ3n) is 5.59. The topological polar surface area (TPSA) is 111 Å². The van der Waals surface area contributed by atoms with Crippen LogP contribution in [-0.4, -0.2) is 32.2 Å². The van der Waals surface area contributed by atoms with Crippen LogP contribution in [0, 0.1) is 11.8 Å². The fourth-order valence-electron chi connectivity index (χ4n) is 4.04. The number of benzene rings is 2. The van der Waals surface area contributed by atoms with Crippen molar-refractivity contribution in [2.24, 2.45) is 0 Å². The number of para-hydroxylation sites is 1. The average molecular weight is 450 g/mol. The third-order valence-corrected chi connectivity index (χ3v) is 5.59. The van der Waals surface area contributed by atoms with Gasteiger partial charge in [0.1, 0.15) is 16.9 Å². The van der Waals surface area contributed by atoms with E-state index in [1.54, 1.807) is 17.8 Å². The summed E-state index contributed by atoms with van der Waals surface area (Å²) in [6, 6.07) is 15.1. The quantitative estimate of drug-likeness (QED) is 0.408. The summed E-state index contributed by atoms with van der Waals surface area (Å²) in [5, 5.41) is 10.4. The average Bonchev–Trinajstić information content (AvgIpc) is 3.20. The molecule has 5 rings (SSSR count). The Labute approximate surface area is 196 Å². The van der Waals surface area contributed by atoms with Crippen molar-refractivity contribution in [2.45, 2.75) is 19.9 Å². The van der Waals surface area contributed by atoms with Gasteiger partial charge in [0.25, 0.3) is 5.91 Å². The number of hydrogen-bond donors (Lipinski definition) is 3. The molecular weight excluding hydrogens is 426 g/mol. The Bertz CT molecular complexity index is 1490. The summed E-state index contributed by atoms with van der Waals surface area (Å²) in [7, 11) is 0. The molecule has 4 N–H and O–H groups in total. The molecule has 1 atom stereocenters. The second-order valence-electron chi connectivity index (χ2n) is 7.89. The van der Waals surface area contributed by atoms with Crippen LogP contribution in [0.2, 0.25) is 0 Å². The number of nitrogens with one attached hydrogen (secondary N) is 2. The molecule has 1 amide bonds. The number of aromatic nitrogens is 4. The molecule has 1 aliphatic rings. The highest BCUT2D eigenvalue weighted by Gasteiger charge is 2.26. The highest BCUT2D eigenvalue weighted by Crippen LogP contribution is 2.30. The summed E-state index contributed by atoms with van der Waals surface area (Å²) in [4.78, 5) is 23.1. The molecular formula is C26H23N7O. The highest BCUT2D eigenvalue weighted by atomic mass is 16.1. The largest absolute Gasteiger partial charge is 0.381 e. The van der Waals surface area contributed by atoms with Gasteiger partial charge in [-0.25, -0.2) is 14.6 Å². The van der Waals surface area contributed by atoms with Crippen molar-refractivity contribution in [1.29, 1.82) is 0 Å². The summed E-state index contributed by atoms with van der Waals surface area (Å²) in [6.07, 6.45) is 3.68. The molecule has 0 aliphatic carbocycles. The van der Waals surface area contributed by atoms with E-state index in [2.05, 4.69) is 27.6 Å². The van der Waals surface area contributed by atoms with Crippen molar-refractivity contribution in [3.05, 3.63) is 71.4 Å². The van der Waals surface area contributed by atoms with E-state index in [0.717, 1.165) is 16.6 Å². The zero-order valence-corrected chi connectivity index (χ0v) is 18.8. The maximum atomic E-state index is 13.3. The van der Waals surface area contributed by atoms with Crippen molar-refractivity contribution >= 4 is 34.8 Å². The van der Waals surface area contributed by atoms with Gasteiger partial charge in [-0.05, 0) is 32.1 Å². The van der Waals surface area contributed by atoms with E-state index >= 15 is 0 Å². The van der Waals surface area contributed by atoms with Crippen LogP contribution in [0.1, 0.15) is 41.5 Å². The van der Waals surface area contributed by atoms with Crippen LogP contribution in [0.5, 0.6) is 0 Å². The number of amides is 1. The Morgan fingerprint density at radius 3 is 2.79 bits per heavy atom. The number of nitrogens with two attached hydrogens (primary N) is 1. The second kappa shape index (κ2) is 8.71. The predicted molar refractivity (Wildman–Crippen MR) is 134 cm³/mol. The maximum absolute atomic E-state index is 13.3. The summed E-state index contributed by atoms with van der Waals surface area (Å²) in [5.74, 6) is 6.44. The Kier molecular flexibility index (Phi) is 5.44. The second-order valence-corrected chi connectivity index (χ2v) is 7.89. The first kappa shape index (κ1) is 21.2. The van der Waals surface area contributed by atoms with Crippen molar-refractivity contribution < 1.29 is 4.79 Å². The van der Waals surface area contributed by atoms with Crippen LogP contribution in [0.3, 0.4) is 0 Å². The van der Waals surface area contributed by atoms with Crippen LogP contribution in [0.4, 0.5) is 11.6 Å². The zero-order valence-electron chi connectivity index (χ0n) is 18.8. The molecule has 0 spiro atoms. The Balaban J connectivity index is 1.58. The fourth-order valence-corrected chi connectivity index (χ4v) is 4.04. The van der Waals surface area contributed by atoms with Gasteiger partial charge < -0.3 is 16.4 Å². The molecule has 2 aromatic heterocycles. The number of nitrogen functional groups attached to an aromatic ring is 1. The van der Waals surface area contributed by atoms with Gasteiger partial charge in [0, 0.05) is 18.3 Å². The van der Waals surface area contributed by atoms with E-state index in [9.17, 15) is 4.79 Å². The van der Waals surface area contributed by atoms with Crippen LogP contribution in [0.25, 0.3) is 28.5 Å². The number of fused-ring (bicyclic) bond motifs is 2. The first-order valence-corrected chi connectivity index (χ1v) is 10.9. The molecule has 1 aliphatic heterocycles. The molecule has 0 bridgehead atoms. The van der Waals surface area contributed by atoms with Crippen LogP contribution >= 0.6 is 0 Å². The lowest BCUT2D eigenvalue weighted by Gasteiger charge is -2.19. The number of rotatable bonds is 4. The third kappa shape index (κ3) is 3.73. The lowest BCUT2D eigenvalue weighted by Crippen LogP contribution is -2.29. The summed E-state index contributed by atoms with van der Waals surface area (Å²) in [6.45, 7) is 4.27. The summed E-state index contributed by atoms with van der Waals surface area (Å²) in [5.41, 5.74) is 10.9.